The minimum Gasteiger partial charge on any atom is -0.462 e. The molecule has 0 amide bonds. The summed E-state index contributed by atoms with van der Waals surface area (Å²) in [4.78, 5) is 22.1. The number of esters is 1. The Morgan fingerprint density at radius 1 is 1.06 bits per heavy atom. The SMILES string of the molecule is CCCC[C@@](C)(CO[P@@](=O)(N[C@@H](C)C(=O)OC(C)C)Oc1ccc(C(F)(F)F)cc1)n1c(COCC)nc2c(N)nc3ccccc3c21. The fourth-order valence-electron chi connectivity index (χ4n) is 5.31. The molecule has 0 aliphatic rings. The first-order chi connectivity index (χ1) is 22.6. The molecule has 48 heavy (non-hydrogen) atoms. The Labute approximate surface area is 277 Å². The molecule has 4 aromatic rings. The van der Waals surface area contributed by atoms with E-state index in [1.165, 1.54) is 6.92 Å². The summed E-state index contributed by atoms with van der Waals surface area (Å²) in [5, 5.41) is 3.41. The molecule has 3 N–H and O–H groups in total. The fraction of sp³-hybridized carbons (Fsp3) is 0.485. The molecule has 4 rings (SSSR count). The highest BCUT2D eigenvalue weighted by atomic mass is 31.2. The molecule has 0 saturated heterocycles. The number of benzene rings is 2. The van der Waals surface area contributed by atoms with E-state index in [2.05, 4.69) is 10.1 Å². The van der Waals surface area contributed by atoms with Crippen LogP contribution in [0, 0.1) is 0 Å². The van der Waals surface area contributed by atoms with Crippen LogP contribution in [0.15, 0.2) is 48.5 Å². The van der Waals surface area contributed by atoms with Crippen LogP contribution >= 0.6 is 7.75 Å². The lowest BCUT2D eigenvalue weighted by Gasteiger charge is -2.35. The van der Waals surface area contributed by atoms with Gasteiger partial charge in [0.1, 0.15) is 29.7 Å². The summed E-state index contributed by atoms with van der Waals surface area (Å²) in [5.74, 6) is -0.102. The number of rotatable bonds is 16. The van der Waals surface area contributed by atoms with Crippen molar-refractivity contribution in [2.24, 2.45) is 0 Å². The van der Waals surface area contributed by atoms with Crippen LogP contribution in [0.2, 0.25) is 0 Å². The molecule has 0 saturated carbocycles. The lowest BCUT2D eigenvalue weighted by molar-refractivity contribution is -0.149. The average Bonchev–Trinajstić information content (AvgIpc) is 3.42. The maximum atomic E-state index is 14.5. The number of nitrogens with zero attached hydrogens (tertiary/aromatic N) is 3. The number of nitrogen functional groups attached to an aromatic ring is 1. The zero-order chi connectivity index (χ0) is 35.3. The van der Waals surface area contributed by atoms with Crippen LogP contribution in [0.25, 0.3) is 21.9 Å². The average molecular weight is 694 g/mol. The van der Waals surface area contributed by atoms with Crippen LogP contribution in [0.3, 0.4) is 0 Å². The molecule has 2 heterocycles. The van der Waals surface area contributed by atoms with Gasteiger partial charge in [0, 0.05) is 12.0 Å². The molecule has 15 heteroatoms. The number of halogens is 3. The van der Waals surface area contributed by atoms with E-state index in [9.17, 15) is 22.5 Å². The number of alkyl halides is 3. The normalized spacial score (nSPS) is 15.4. The van der Waals surface area contributed by atoms with Crippen molar-refractivity contribution in [2.45, 2.75) is 91.3 Å². The third kappa shape index (κ3) is 8.65. The molecule has 11 nitrogen and oxygen atoms in total. The standard InChI is InChI=1S/C33H43F3N5O6P/c1-7-9-18-32(6,41-27(19-44-8-2)39-28-29(41)25-12-10-11-13-26(25)38-30(28)37)20-45-48(43,40-22(5)31(42)46-21(3)4)47-24-16-14-23(15-17-24)33(34,35)36/h10-17,21-22H,7-9,18-20H2,1-6H3,(H2,37,38)(H,40,43)/t22-,32-,48-/m0/s1. The Hall–Kier alpha value is -3.71. The predicted octanol–water partition coefficient (Wildman–Crippen LogP) is 7.76. The Kier molecular flexibility index (Phi) is 11.8. The first-order valence-electron chi connectivity index (χ1n) is 15.8. The van der Waals surface area contributed by atoms with Gasteiger partial charge in [-0.25, -0.2) is 14.5 Å². The van der Waals surface area contributed by atoms with E-state index in [0.717, 1.165) is 42.5 Å². The number of para-hydroxylation sites is 1. The van der Waals surface area contributed by atoms with Crippen LogP contribution in [0.1, 0.15) is 72.2 Å². The van der Waals surface area contributed by atoms with Gasteiger partial charge in [-0.1, -0.05) is 38.0 Å². The van der Waals surface area contributed by atoms with Crippen LogP contribution in [-0.4, -0.2) is 45.9 Å². The van der Waals surface area contributed by atoms with Gasteiger partial charge >= 0.3 is 19.9 Å². The summed E-state index contributed by atoms with van der Waals surface area (Å²) in [6.07, 6.45) is -2.95. The highest BCUT2D eigenvalue weighted by Gasteiger charge is 2.39. The maximum Gasteiger partial charge on any atom is 0.459 e. The second-order valence-corrected chi connectivity index (χ2v) is 13.7. The minimum absolute atomic E-state index is 0.136. The number of carbonyl (C=O) groups excluding carboxylic acids is 1. The number of unbranched alkanes of at least 4 members (excludes halogenated alkanes) is 1. The number of carbonyl (C=O) groups is 1. The van der Waals surface area contributed by atoms with Gasteiger partial charge in [0.15, 0.2) is 5.82 Å². The predicted molar refractivity (Wildman–Crippen MR) is 177 cm³/mol. The van der Waals surface area contributed by atoms with Crippen LogP contribution in [0.5, 0.6) is 5.75 Å². The van der Waals surface area contributed by atoms with Crippen molar-refractivity contribution in [2.75, 3.05) is 18.9 Å². The molecule has 3 atom stereocenters. The topological polar surface area (TPSA) is 140 Å². The number of nitrogens with one attached hydrogen (secondary N) is 1. The van der Waals surface area contributed by atoms with Crippen molar-refractivity contribution in [1.82, 2.24) is 19.6 Å². The number of fused-ring (bicyclic) bond motifs is 3. The lowest BCUT2D eigenvalue weighted by Crippen LogP contribution is -2.40. The summed E-state index contributed by atoms with van der Waals surface area (Å²) >= 11 is 0. The zero-order valence-electron chi connectivity index (χ0n) is 28.0. The second kappa shape index (κ2) is 15.2. The number of nitrogens with two attached hydrogens (primary N) is 1. The van der Waals surface area contributed by atoms with Crippen LogP contribution < -0.4 is 15.3 Å². The summed E-state index contributed by atoms with van der Waals surface area (Å²) in [6, 6.07) is 10.0. The monoisotopic (exact) mass is 693 g/mol. The number of anilines is 1. The van der Waals surface area contributed by atoms with Gasteiger partial charge in [0.05, 0.1) is 34.8 Å². The van der Waals surface area contributed by atoms with Gasteiger partial charge in [-0.15, -0.1) is 0 Å². The molecule has 0 radical (unpaired) electrons. The van der Waals surface area contributed by atoms with Crippen molar-refractivity contribution in [3.05, 3.63) is 59.9 Å². The molecule has 2 aromatic heterocycles. The maximum absolute atomic E-state index is 14.5. The van der Waals surface area contributed by atoms with Crippen molar-refractivity contribution < 1.29 is 41.1 Å². The number of ether oxygens (including phenoxy) is 2. The fourth-order valence-corrected chi connectivity index (χ4v) is 6.91. The largest absolute Gasteiger partial charge is 0.462 e. The van der Waals surface area contributed by atoms with Gasteiger partial charge in [-0.2, -0.15) is 18.3 Å². The highest BCUT2D eigenvalue weighted by Crippen LogP contribution is 2.48. The summed E-state index contributed by atoms with van der Waals surface area (Å²) in [5.41, 5.74) is 6.37. The molecule has 0 bridgehead atoms. The molecular weight excluding hydrogens is 650 g/mol. The molecule has 2 aromatic carbocycles. The molecule has 0 aliphatic carbocycles. The molecule has 0 aliphatic heterocycles. The minimum atomic E-state index is -4.58. The first-order valence-corrected chi connectivity index (χ1v) is 17.4. The number of aromatic nitrogens is 3. The van der Waals surface area contributed by atoms with Gasteiger partial charge < -0.3 is 24.3 Å². The number of pyridine rings is 1. The number of imidazole rings is 1. The smallest absolute Gasteiger partial charge is 0.459 e. The summed E-state index contributed by atoms with van der Waals surface area (Å²) < 4.78 is 79.2. The van der Waals surface area contributed by atoms with Crippen molar-refractivity contribution in [3.63, 3.8) is 0 Å². The quantitative estimate of drug-likeness (QED) is 0.0884. The summed E-state index contributed by atoms with van der Waals surface area (Å²) in [7, 11) is -4.47. The van der Waals surface area contributed by atoms with Gasteiger partial charge in [-0.3, -0.25) is 9.32 Å². The molecule has 0 fully saturated rings. The van der Waals surface area contributed by atoms with E-state index < -0.39 is 43.1 Å². The molecular formula is C33H43F3N5O6P. The molecule has 0 spiro atoms. The third-order valence-electron chi connectivity index (χ3n) is 7.64. The van der Waals surface area contributed by atoms with Gasteiger partial charge in [-0.05, 0) is 71.4 Å². The Morgan fingerprint density at radius 2 is 1.75 bits per heavy atom. The number of hydrogen-bond donors (Lipinski definition) is 2. The molecule has 262 valence electrons. The van der Waals surface area contributed by atoms with E-state index in [4.69, 9.17) is 29.2 Å². The van der Waals surface area contributed by atoms with Crippen molar-refractivity contribution >= 4 is 41.5 Å². The lowest BCUT2D eigenvalue weighted by atomic mass is 9.94. The van der Waals surface area contributed by atoms with E-state index in [0.29, 0.717) is 35.4 Å². The first kappa shape index (κ1) is 37.1. The Bertz CT molecular complexity index is 1760. The Balaban J connectivity index is 1.81. The van der Waals surface area contributed by atoms with Crippen LogP contribution in [-0.2, 0) is 41.7 Å². The van der Waals surface area contributed by atoms with E-state index >= 15 is 0 Å². The van der Waals surface area contributed by atoms with Crippen molar-refractivity contribution in [3.8, 4) is 5.75 Å². The van der Waals surface area contributed by atoms with Gasteiger partial charge in [0.2, 0.25) is 0 Å². The molecule has 0 unspecified atom stereocenters. The Morgan fingerprint density at radius 3 is 2.38 bits per heavy atom. The van der Waals surface area contributed by atoms with E-state index in [1.807, 2.05) is 49.6 Å². The second-order valence-electron chi connectivity index (χ2n) is 12.0. The van der Waals surface area contributed by atoms with Gasteiger partial charge in [0.25, 0.3) is 0 Å². The number of hydrogen-bond acceptors (Lipinski definition) is 9. The van der Waals surface area contributed by atoms with Crippen molar-refractivity contribution in [1.29, 1.82) is 0 Å². The van der Waals surface area contributed by atoms with E-state index in [-0.39, 0.29) is 24.8 Å². The van der Waals surface area contributed by atoms with Crippen LogP contribution in [0.4, 0.5) is 19.0 Å². The zero-order valence-corrected chi connectivity index (χ0v) is 28.9. The summed E-state index contributed by atoms with van der Waals surface area (Å²) in [6.45, 7) is 10.9. The van der Waals surface area contributed by atoms with E-state index in [1.54, 1.807) is 13.8 Å². The third-order valence-corrected chi connectivity index (χ3v) is 9.27. The highest BCUT2D eigenvalue weighted by molar-refractivity contribution is 7.52.